The van der Waals surface area contributed by atoms with Crippen LogP contribution in [-0.2, 0) is 0 Å². The zero-order valence-corrected chi connectivity index (χ0v) is 14.2. The Morgan fingerprint density at radius 3 is 2.75 bits per heavy atom. The maximum atomic E-state index is 12.5. The summed E-state index contributed by atoms with van der Waals surface area (Å²) in [6, 6.07) is 9.72. The van der Waals surface area contributed by atoms with Crippen LogP contribution in [0.5, 0.6) is 5.75 Å². The van der Waals surface area contributed by atoms with Gasteiger partial charge in [-0.25, -0.2) is 4.68 Å². The van der Waals surface area contributed by atoms with Gasteiger partial charge in [0.25, 0.3) is 5.91 Å². The van der Waals surface area contributed by atoms with E-state index in [1.165, 1.54) is 0 Å². The Morgan fingerprint density at radius 1 is 1.38 bits per heavy atom. The predicted molar refractivity (Wildman–Crippen MR) is 92.6 cm³/mol. The molecule has 1 aromatic heterocycles. The van der Waals surface area contributed by atoms with Crippen molar-refractivity contribution in [3.63, 3.8) is 0 Å². The fraction of sp³-hybridized carbons (Fsp3) is 0.444. The topological polar surface area (TPSA) is 68.2 Å². The van der Waals surface area contributed by atoms with Crippen LogP contribution in [0.4, 0.5) is 0 Å². The monoisotopic (exact) mass is 328 g/mol. The molecule has 2 N–H and O–H groups in total. The van der Waals surface area contributed by atoms with E-state index in [9.17, 15) is 4.79 Å². The van der Waals surface area contributed by atoms with Crippen molar-refractivity contribution >= 4 is 5.91 Å². The second-order valence-corrected chi connectivity index (χ2v) is 6.56. The highest BCUT2D eigenvalue weighted by Crippen LogP contribution is 2.21. The summed E-state index contributed by atoms with van der Waals surface area (Å²) < 4.78 is 7.50. The minimum absolute atomic E-state index is 0.185. The lowest BCUT2D eigenvalue weighted by Gasteiger charge is -2.26. The lowest BCUT2D eigenvalue weighted by molar-refractivity contribution is 0.0932. The van der Waals surface area contributed by atoms with Gasteiger partial charge in [-0.2, -0.15) is 5.10 Å². The van der Waals surface area contributed by atoms with Crippen LogP contribution in [0.15, 0.2) is 36.5 Å². The van der Waals surface area contributed by atoms with Crippen LogP contribution >= 0.6 is 0 Å². The molecular formula is C18H24N4O2. The summed E-state index contributed by atoms with van der Waals surface area (Å²) in [5, 5.41) is 10.6. The molecule has 1 aliphatic rings. The number of carbonyl (C=O) groups excluding carboxylic acids is 1. The molecule has 0 unspecified atom stereocenters. The van der Waals surface area contributed by atoms with E-state index in [1.54, 1.807) is 10.9 Å². The smallest absolute Gasteiger partial charge is 0.275 e. The molecule has 0 radical (unpaired) electrons. The second-order valence-electron chi connectivity index (χ2n) is 6.56. The molecule has 0 saturated carbocycles. The fourth-order valence-corrected chi connectivity index (χ4v) is 2.40. The van der Waals surface area contributed by atoms with Gasteiger partial charge >= 0.3 is 0 Å². The Kier molecular flexibility index (Phi) is 5.15. The Hall–Kier alpha value is -2.34. The fourth-order valence-electron chi connectivity index (χ4n) is 2.40. The number of benzene rings is 1. The number of para-hydroxylation sites is 1. The summed E-state index contributed by atoms with van der Waals surface area (Å²) in [5.41, 5.74) is 1.24. The first-order valence-corrected chi connectivity index (χ1v) is 8.40. The van der Waals surface area contributed by atoms with Gasteiger partial charge in [-0.05, 0) is 18.1 Å². The molecule has 0 atom stereocenters. The Balaban J connectivity index is 1.78. The van der Waals surface area contributed by atoms with Gasteiger partial charge < -0.3 is 15.4 Å². The van der Waals surface area contributed by atoms with Crippen LogP contribution in [-0.4, -0.2) is 41.9 Å². The first-order chi connectivity index (χ1) is 11.6. The standard InChI is InChI=1S/C18H24N4O2/c1-13(2)12-24-16-11-22(15-6-4-3-5-7-15)21-17(16)18(23)20-10-14-8-19-9-14/h3-7,11,13-14,19H,8-10,12H2,1-2H3,(H,20,23). The first kappa shape index (κ1) is 16.5. The van der Waals surface area contributed by atoms with Crippen molar-refractivity contribution < 1.29 is 9.53 Å². The molecule has 128 valence electrons. The zero-order valence-electron chi connectivity index (χ0n) is 14.2. The summed E-state index contributed by atoms with van der Waals surface area (Å²) in [6.45, 7) is 7.27. The Labute approximate surface area is 142 Å². The average molecular weight is 328 g/mol. The van der Waals surface area contributed by atoms with Gasteiger partial charge in [0.2, 0.25) is 0 Å². The maximum Gasteiger partial charge on any atom is 0.275 e. The molecule has 6 nitrogen and oxygen atoms in total. The van der Waals surface area contributed by atoms with Crippen LogP contribution in [0.2, 0.25) is 0 Å². The third-order valence-electron chi connectivity index (χ3n) is 3.91. The highest BCUT2D eigenvalue weighted by molar-refractivity contribution is 5.95. The summed E-state index contributed by atoms with van der Waals surface area (Å²) >= 11 is 0. The number of amides is 1. The normalized spacial score (nSPS) is 14.5. The van der Waals surface area contributed by atoms with Gasteiger partial charge in [0.15, 0.2) is 11.4 Å². The molecule has 1 saturated heterocycles. The van der Waals surface area contributed by atoms with E-state index in [0.717, 1.165) is 18.8 Å². The SMILES string of the molecule is CC(C)COc1cn(-c2ccccc2)nc1C(=O)NCC1CNC1. The van der Waals surface area contributed by atoms with Crippen molar-refractivity contribution in [1.29, 1.82) is 0 Å². The van der Waals surface area contributed by atoms with E-state index >= 15 is 0 Å². The van der Waals surface area contributed by atoms with Crippen LogP contribution < -0.4 is 15.4 Å². The molecular weight excluding hydrogens is 304 g/mol. The molecule has 1 fully saturated rings. The van der Waals surface area contributed by atoms with Gasteiger partial charge in [-0.3, -0.25) is 4.79 Å². The van der Waals surface area contributed by atoms with Crippen LogP contribution in [0.3, 0.4) is 0 Å². The van der Waals surface area contributed by atoms with Crippen molar-refractivity contribution in [2.24, 2.45) is 11.8 Å². The van der Waals surface area contributed by atoms with Gasteiger partial charge in [0.05, 0.1) is 18.5 Å². The minimum atomic E-state index is -0.185. The van der Waals surface area contributed by atoms with Crippen molar-refractivity contribution in [2.45, 2.75) is 13.8 Å². The van der Waals surface area contributed by atoms with Gasteiger partial charge in [0.1, 0.15) is 0 Å². The quantitative estimate of drug-likeness (QED) is 0.814. The van der Waals surface area contributed by atoms with Crippen molar-refractivity contribution in [3.8, 4) is 11.4 Å². The van der Waals surface area contributed by atoms with E-state index < -0.39 is 0 Å². The van der Waals surface area contributed by atoms with E-state index in [0.29, 0.717) is 36.4 Å². The number of ether oxygens (including phenoxy) is 1. The van der Waals surface area contributed by atoms with Gasteiger partial charge in [-0.15, -0.1) is 0 Å². The molecule has 24 heavy (non-hydrogen) atoms. The van der Waals surface area contributed by atoms with E-state index in [-0.39, 0.29) is 5.91 Å². The zero-order chi connectivity index (χ0) is 16.9. The predicted octanol–water partition coefficient (Wildman–Crippen LogP) is 1.86. The molecule has 3 rings (SSSR count). The van der Waals surface area contributed by atoms with Crippen molar-refractivity contribution in [3.05, 3.63) is 42.2 Å². The minimum Gasteiger partial charge on any atom is -0.489 e. The number of hydrogen-bond acceptors (Lipinski definition) is 4. The van der Waals surface area contributed by atoms with Crippen molar-refractivity contribution in [1.82, 2.24) is 20.4 Å². The molecule has 2 aromatic rings. The third-order valence-corrected chi connectivity index (χ3v) is 3.91. The molecule has 0 spiro atoms. The number of aromatic nitrogens is 2. The highest BCUT2D eigenvalue weighted by atomic mass is 16.5. The van der Waals surface area contributed by atoms with Crippen molar-refractivity contribution in [2.75, 3.05) is 26.2 Å². The highest BCUT2D eigenvalue weighted by Gasteiger charge is 2.22. The molecule has 0 bridgehead atoms. The van der Waals surface area contributed by atoms with E-state index in [2.05, 4.69) is 29.6 Å². The summed E-state index contributed by atoms with van der Waals surface area (Å²) in [7, 11) is 0. The Bertz CT molecular complexity index is 678. The first-order valence-electron chi connectivity index (χ1n) is 8.40. The number of hydrogen-bond donors (Lipinski definition) is 2. The average Bonchev–Trinajstić information content (AvgIpc) is 2.96. The lowest BCUT2D eigenvalue weighted by Crippen LogP contribution is -2.48. The third kappa shape index (κ3) is 3.94. The number of nitrogens with one attached hydrogen (secondary N) is 2. The molecule has 6 heteroatoms. The molecule has 1 aromatic carbocycles. The second kappa shape index (κ2) is 7.49. The van der Waals surface area contributed by atoms with Gasteiger partial charge in [-0.1, -0.05) is 32.0 Å². The van der Waals surface area contributed by atoms with Crippen LogP contribution in [0.1, 0.15) is 24.3 Å². The number of nitrogens with zero attached hydrogens (tertiary/aromatic N) is 2. The summed E-state index contributed by atoms with van der Waals surface area (Å²) in [6.07, 6.45) is 1.78. The molecule has 1 aliphatic heterocycles. The van der Waals surface area contributed by atoms with E-state index in [4.69, 9.17) is 4.74 Å². The van der Waals surface area contributed by atoms with Gasteiger partial charge in [0, 0.05) is 25.6 Å². The molecule has 0 aliphatic carbocycles. The summed E-state index contributed by atoms with van der Waals surface area (Å²) in [5.74, 6) is 1.22. The Morgan fingerprint density at radius 2 is 2.12 bits per heavy atom. The molecule has 2 heterocycles. The lowest BCUT2D eigenvalue weighted by atomic mass is 10.0. The van der Waals surface area contributed by atoms with Crippen LogP contribution in [0, 0.1) is 11.8 Å². The summed E-state index contributed by atoms with van der Waals surface area (Å²) in [4.78, 5) is 12.5. The number of carbonyl (C=O) groups is 1. The molecule has 1 amide bonds. The van der Waals surface area contributed by atoms with E-state index in [1.807, 2.05) is 30.3 Å². The van der Waals surface area contributed by atoms with Crippen LogP contribution in [0.25, 0.3) is 5.69 Å². The largest absolute Gasteiger partial charge is 0.489 e. The maximum absolute atomic E-state index is 12.5. The number of rotatable bonds is 7.